The van der Waals surface area contributed by atoms with Crippen LogP contribution in [0.1, 0.15) is 40.2 Å². The number of dihydropyridines is 1. The number of aromatic nitrogens is 4. The van der Waals surface area contributed by atoms with Crippen molar-refractivity contribution in [2.45, 2.75) is 31.6 Å². The second kappa shape index (κ2) is 8.49. The molecular weight excluding hydrogens is 514 g/mol. The molecule has 2 aromatic carbocycles. The van der Waals surface area contributed by atoms with Crippen LogP contribution in [0.5, 0.6) is 0 Å². The third-order valence-electron chi connectivity index (χ3n) is 9.82. The smallest absolute Gasteiger partial charge is 0.0572 e. The minimum absolute atomic E-state index is 0.0884. The van der Waals surface area contributed by atoms with Crippen LogP contribution in [0.15, 0.2) is 110 Å². The Hall–Kier alpha value is -5.03. The van der Waals surface area contributed by atoms with Crippen LogP contribution in [0.2, 0.25) is 0 Å². The van der Waals surface area contributed by atoms with Crippen molar-refractivity contribution in [2.75, 3.05) is 6.54 Å². The first kappa shape index (κ1) is 23.7. The van der Waals surface area contributed by atoms with Gasteiger partial charge in [0.15, 0.2) is 0 Å². The highest BCUT2D eigenvalue weighted by Gasteiger charge is 2.62. The fraction of sp³-hybridized carbons (Fsp3) is 0.162. The zero-order valence-electron chi connectivity index (χ0n) is 23.6. The summed E-state index contributed by atoms with van der Waals surface area (Å²) in [5, 5.41) is 5.66. The van der Waals surface area contributed by atoms with Crippen LogP contribution in [0.25, 0.3) is 44.2 Å². The highest BCUT2D eigenvalue weighted by atomic mass is 15.0. The summed E-state index contributed by atoms with van der Waals surface area (Å²) in [5.41, 5.74) is 15.8. The van der Waals surface area contributed by atoms with Gasteiger partial charge < -0.3 is 9.88 Å². The maximum atomic E-state index is 4.47. The lowest BCUT2D eigenvalue weighted by Crippen LogP contribution is -2.15. The first-order chi connectivity index (χ1) is 20.6. The van der Waals surface area contributed by atoms with Gasteiger partial charge in [0.25, 0.3) is 0 Å². The predicted molar refractivity (Wildman–Crippen MR) is 169 cm³/mol. The highest BCUT2D eigenvalue weighted by molar-refractivity contribution is 6.08. The zero-order valence-corrected chi connectivity index (χ0v) is 23.6. The molecule has 1 spiro atoms. The van der Waals surface area contributed by atoms with Crippen LogP contribution in [-0.4, -0.2) is 26.1 Å². The van der Waals surface area contributed by atoms with E-state index in [0.717, 1.165) is 40.5 Å². The van der Waals surface area contributed by atoms with E-state index in [1.54, 1.807) is 0 Å². The van der Waals surface area contributed by atoms with Gasteiger partial charge in [-0.2, -0.15) is 0 Å². The van der Waals surface area contributed by atoms with Crippen molar-refractivity contribution in [3.05, 3.63) is 137 Å². The Balaban J connectivity index is 1.09. The molecule has 9 rings (SSSR count). The molecule has 0 saturated heterocycles. The fourth-order valence-corrected chi connectivity index (χ4v) is 7.87. The lowest BCUT2D eigenvalue weighted by Gasteiger charge is -2.19. The van der Waals surface area contributed by atoms with Crippen LogP contribution in [0.4, 0.5) is 0 Å². The first-order valence-electron chi connectivity index (χ1n) is 14.6. The standard InChI is InChI=1S/C37H29N5/c1-22-15-24(34-17-37(34)32-7-11-38-18-28(32)29-19-39-12-8-33(29)37)3-5-26(22)27-6-4-25(16-23(27)2)42-35-9-13-40-20-30(35)31-21-41-14-10-36(31)42/h3-16,18,20-21,34,39H,17,19H2,1-2H3/t34?,37-/m1/s1. The van der Waals surface area contributed by atoms with Gasteiger partial charge in [-0.25, -0.2) is 0 Å². The fourth-order valence-electron chi connectivity index (χ4n) is 7.87. The van der Waals surface area contributed by atoms with Gasteiger partial charge in [0.2, 0.25) is 0 Å². The number of hydrogen-bond acceptors (Lipinski definition) is 4. The van der Waals surface area contributed by atoms with E-state index < -0.39 is 0 Å². The van der Waals surface area contributed by atoms with Crippen molar-refractivity contribution in [3.63, 3.8) is 0 Å². The number of allylic oxidation sites excluding steroid dienone is 2. The Morgan fingerprint density at radius 1 is 0.762 bits per heavy atom. The molecule has 0 radical (unpaired) electrons. The summed E-state index contributed by atoms with van der Waals surface area (Å²) in [5.74, 6) is 0.490. The van der Waals surface area contributed by atoms with E-state index in [1.165, 1.54) is 50.1 Å². The number of aryl methyl sites for hydroxylation is 2. The van der Waals surface area contributed by atoms with Crippen LogP contribution >= 0.6 is 0 Å². The highest BCUT2D eigenvalue weighted by Crippen LogP contribution is 2.70. The number of pyridine rings is 3. The number of benzene rings is 2. The maximum Gasteiger partial charge on any atom is 0.0572 e. The normalized spacial score (nSPS) is 20.3. The number of fused-ring (bicyclic) bond motifs is 7. The number of nitrogens with zero attached hydrogens (tertiary/aromatic N) is 4. The zero-order chi connectivity index (χ0) is 28.0. The third kappa shape index (κ3) is 3.11. The Labute approximate surface area is 244 Å². The van der Waals surface area contributed by atoms with Gasteiger partial charge >= 0.3 is 0 Å². The summed E-state index contributed by atoms with van der Waals surface area (Å²) in [4.78, 5) is 13.2. The molecule has 3 aliphatic rings. The molecule has 42 heavy (non-hydrogen) atoms. The van der Waals surface area contributed by atoms with Crippen molar-refractivity contribution in [2.24, 2.45) is 0 Å². The summed E-state index contributed by atoms with van der Waals surface area (Å²) >= 11 is 0. The SMILES string of the molecule is Cc1cc(C2C[C@@]23C2=C(CNC=C2)c2cnccc23)ccc1-c1ccc(-n2c3ccncc3c3cnccc32)cc1C. The summed E-state index contributed by atoms with van der Waals surface area (Å²) in [6.07, 6.45) is 17.2. The topological polar surface area (TPSA) is 55.6 Å². The van der Waals surface area contributed by atoms with Crippen molar-refractivity contribution in [1.82, 2.24) is 24.8 Å². The summed E-state index contributed by atoms with van der Waals surface area (Å²) in [6.45, 7) is 5.37. The van der Waals surface area contributed by atoms with Gasteiger partial charge in [-0.15, -0.1) is 0 Å². The molecule has 1 aliphatic heterocycles. The first-order valence-corrected chi connectivity index (χ1v) is 14.6. The maximum absolute atomic E-state index is 4.47. The Morgan fingerprint density at radius 3 is 2.19 bits per heavy atom. The second-order valence-corrected chi connectivity index (χ2v) is 12.0. The van der Waals surface area contributed by atoms with Gasteiger partial charge in [-0.05, 0) is 113 Å². The third-order valence-corrected chi connectivity index (χ3v) is 9.82. The summed E-state index contributed by atoms with van der Waals surface area (Å²) in [7, 11) is 0. The lowest BCUT2D eigenvalue weighted by molar-refractivity contribution is 0.810. The van der Waals surface area contributed by atoms with Crippen molar-refractivity contribution in [3.8, 4) is 16.8 Å². The molecule has 1 fully saturated rings. The minimum Gasteiger partial charge on any atom is -0.387 e. The van der Waals surface area contributed by atoms with E-state index >= 15 is 0 Å². The summed E-state index contributed by atoms with van der Waals surface area (Å²) in [6, 6.07) is 20.4. The van der Waals surface area contributed by atoms with E-state index in [0.29, 0.717) is 5.92 Å². The second-order valence-electron chi connectivity index (χ2n) is 12.0. The minimum atomic E-state index is 0.0884. The van der Waals surface area contributed by atoms with E-state index in [1.807, 2.05) is 31.0 Å². The van der Waals surface area contributed by atoms with Crippen molar-refractivity contribution in [1.29, 1.82) is 0 Å². The van der Waals surface area contributed by atoms with Crippen LogP contribution < -0.4 is 5.32 Å². The quantitative estimate of drug-likeness (QED) is 0.250. The largest absolute Gasteiger partial charge is 0.387 e. The van der Waals surface area contributed by atoms with E-state index in [2.05, 4.69) is 112 Å². The molecule has 0 bridgehead atoms. The Kier molecular flexibility index (Phi) is 4.78. The van der Waals surface area contributed by atoms with Crippen LogP contribution in [0.3, 0.4) is 0 Å². The van der Waals surface area contributed by atoms with Crippen molar-refractivity contribution >= 4 is 27.4 Å². The molecule has 5 heterocycles. The predicted octanol–water partition coefficient (Wildman–Crippen LogP) is 7.56. The molecule has 202 valence electrons. The molecule has 1 N–H and O–H groups in total. The summed E-state index contributed by atoms with van der Waals surface area (Å²) < 4.78 is 2.32. The molecule has 5 heteroatoms. The monoisotopic (exact) mass is 543 g/mol. The van der Waals surface area contributed by atoms with E-state index in [4.69, 9.17) is 0 Å². The van der Waals surface area contributed by atoms with Gasteiger partial charge in [-0.1, -0.05) is 24.3 Å². The number of nitrogens with one attached hydrogen (secondary N) is 1. The molecule has 6 aromatic rings. The van der Waals surface area contributed by atoms with Crippen LogP contribution in [-0.2, 0) is 5.41 Å². The van der Waals surface area contributed by atoms with Gasteiger partial charge in [-0.3, -0.25) is 15.0 Å². The number of rotatable bonds is 3. The lowest BCUT2D eigenvalue weighted by atomic mass is 9.86. The van der Waals surface area contributed by atoms with E-state index in [-0.39, 0.29) is 5.41 Å². The van der Waals surface area contributed by atoms with Crippen molar-refractivity contribution < 1.29 is 0 Å². The average Bonchev–Trinajstić information content (AvgIpc) is 3.61. The average molecular weight is 544 g/mol. The van der Waals surface area contributed by atoms with Gasteiger partial charge in [0, 0.05) is 71.2 Å². The molecule has 2 atom stereocenters. The molecule has 1 saturated carbocycles. The molecular formula is C37H29N5. The Morgan fingerprint density at radius 2 is 1.45 bits per heavy atom. The molecule has 2 aliphatic carbocycles. The van der Waals surface area contributed by atoms with Gasteiger partial charge in [0.05, 0.1) is 11.0 Å². The molecule has 1 unspecified atom stereocenters. The molecule has 5 nitrogen and oxygen atoms in total. The Bertz CT molecular complexity index is 2110. The molecule has 0 amide bonds. The van der Waals surface area contributed by atoms with Gasteiger partial charge in [0.1, 0.15) is 0 Å². The number of hydrogen-bond donors (Lipinski definition) is 1. The molecule has 4 aromatic heterocycles. The van der Waals surface area contributed by atoms with E-state index in [9.17, 15) is 0 Å². The van der Waals surface area contributed by atoms with Crippen LogP contribution in [0, 0.1) is 13.8 Å².